The van der Waals surface area contributed by atoms with E-state index in [0.29, 0.717) is 11.6 Å². The van der Waals surface area contributed by atoms with Crippen LogP contribution >= 0.6 is 0 Å². The minimum atomic E-state index is 0.230. The van der Waals surface area contributed by atoms with Crippen molar-refractivity contribution in [3.63, 3.8) is 0 Å². The molecule has 0 unspecified atom stereocenters. The van der Waals surface area contributed by atoms with Crippen molar-refractivity contribution in [3.8, 4) is 11.9 Å². The van der Waals surface area contributed by atoms with Gasteiger partial charge >= 0.3 is 0 Å². The molecule has 0 atom stereocenters. The second-order valence-electron chi connectivity index (χ2n) is 4.70. The molecule has 0 bridgehead atoms. The van der Waals surface area contributed by atoms with Crippen LogP contribution in [0.2, 0.25) is 0 Å². The Balaban J connectivity index is 2.02. The first-order valence-corrected chi connectivity index (χ1v) is 6.02. The zero-order valence-electron chi connectivity index (χ0n) is 10.0. The van der Waals surface area contributed by atoms with Gasteiger partial charge in [0.05, 0.1) is 5.69 Å². The van der Waals surface area contributed by atoms with Crippen molar-refractivity contribution in [2.24, 2.45) is 5.92 Å². The third-order valence-corrected chi connectivity index (χ3v) is 3.26. The van der Waals surface area contributed by atoms with E-state index in [-0.39, 0.29) is 11.8 Å². The van der Waals surface area contributed by atoms with E-state index in [1.54, 1.807) is 12.1 Å². The third kappa shape index (κ3) is 2.88. The van der Waals surface area contributed by atoms with Crippen LogP contribution in [0.4, 0.5) is 5.69 Å². The Labute approximate surface area is 101 Å². The first-order valence-electron chi connectivity index (χ1n) is 6.02. The fourth-order valence-corrected chi connectivity index (χ4v) is 2.13. The number of nitrogens with zero attached hydrogens (tertiary/aromatic N) is 2. The smallest absolute Gasteiger partial charge is 0.214 e. The molecule has 0 amide bonds. The second-order valence-corrected chi connectivity index (χ2v) is 4.70. The number of aromatic nitrogens is 1. The summed E-state index contributed by atoms with van der Waals surface area (Å²) in [6.07, 6.45) is 4.76. The Hall–Kier alpha value is -1.76. The highest BCUT2D eigenvalue weighted by Gasteiger charge is 2.20. The van der Waals surface area contributed by atoms with Gasteiger partial charge in [0.25, 0.3) is 0 Å². The van der Waals surface area contributed by atoms with Gasteiger partial charge in [0.1, 0.15) is 12.2 Å². The monoisotopic (exact) mass is 231 g/mol. The van der Waals surface area contributed by atoms with E-state index in [1.165, 1.54) is 12.8 Å². The zero-order chi connectivity index (χ0) is 12.3. The molecule has 2 rings (SSSR count). The number of hydrogen-bond donors (Lipinski definition) is 1. The second kappa shape index (κ2) is 5.05. The minimum Gasteiger partial charge on any atom is -0.474 e. The van der Waals surface area contributed by atoms with E-state index in [1.807, 2.05) is 6.07 Å². The van der Waals surface area contributed by atoms with Crippen LogP contribution in [0.1, 0.15) is 38.3 Å². The van der Waals surface area contributed by atoms with Crippen LogP contribution in [0.25, 0.3) is 0 Å². The summed E-state index contributed by atoms with van der Waals surface area (Å²) in [5.41, 5.74) is 6.25. The van der Waals surface area contributed by atoms with Gasteiger partial charge in [-0.1, -0.05) is 6.92 Å². The van der Waals surface area contributed by atoms with Gasteiger partial charge in [0, 0.05) is 6.07 Å². The molecule has 1 aromatic rings. The lowest BCUT2D eigenvalue weighted by Gasteiger charge is -2.26. The molecule has 1 aromatic heterocycles. The molecule has 1 saturated carbocycles. The van der Waals surface area contributed by atoms with E-state index in [9.17, 15) is 0 Å². The standard InChI is InChI=1S/C13H17N3O/c1-9-2-4-10(5-3-9)17-13-7-6-11(15)12(8-14)16-13/h6-7,9-10H,2-5,15H2,1H3. The van der Waals surface area contributed by atoms with Gasteiger partial charge in [0.2, 0.25) is 5.88 Å². The van der Waals surface area contributed by atoms with Gasteiger partial charge in [-0.15, -0.1) is 0 Å². The average Bonchev–Trinajstić information content (AvgIpc) is 2.34. The van der Waals surface area contributed by atoms with Gasteiger partial charge in [-0.05, 0) is 37.7 Å². The van der Waals surface area contributed by atoms with Gasteiger partial charge in [0.15, 0.2) is 5.69 Å². The number of anilines is 1. The highest BCUT2D eigenvalue weighted by molar-refractivity contribution is 5.50. The molecule has 1 heterocycles. The summed E-state index contributed by atoms with van der Waals surface area (Å²) in [7, 11) is 0. The van der Waals surface area contributed by atoms with E-state index in [4.69, 9.17) is 15.7 Å². The molecule has 0 saturated heterocycles. The predicted molar refractivity (Wildman–Crippen MR) is 65.4 cm³/mol. The van der Waals surface area contributed by atoms with Crippen molar-refractivity contribution in [1.29, 1.82) is 5.26 Å². The molecule has 0 spiro atoms. The summed E-state index contributed by atoms with van der Waals surface area (Å²) < 4.78 is 5.78. The first kappa shape index (κ1) is 11.7. The number of hydrogen-bond acceptors (Lipinski definition) is 4. The lowest BCUT2D eigenvalue weighted by Crippen LogP contribution is -2.23. The van der Waals surface area contributed by atoms with Crippen LogP contribution in [0.3, 0.4) is 0 Å². The van der Waals surface area contributed by atoms with Crippen LogP contribution in [0.5, 0.6) is 5.88 Å². The summed E-state index contributed by atoms with van der Waals surface area (Å²) in [6, 6.07) is 5.37. The summed E-state index contributed by atoms with van der Waals surface area (Å²) in [5.74, 6) is 1.30. The van der Waals surface area contributed by atoms with E-state index < -0.39 is 0 Å². The molecule has 1 aliphatic carbocycles. The molecule has 0 aromatic carbocycles. The largest absolute Gasteiger partial charge is 0.474 e. The SMILES string of the molecule is CC1CCC(Oc2ccc(N)c(C#N)n2)CC1. The molecule has 4 nitrogen and oxygen atoms in total. The Morgan fingerprint density at radius 2 is 2.06 bits per heavy atom. The number of rotatable bonds is 2. The first-order chi connectivity index (χ1) is 8.19. The normalized spacial score (nSPS) is 24.0. The van der Waals surface area contributed by atoms with Gasteiger partial charge in [-0.2, -0.15) is 5.26 Å². The van der Waals surface area contributed by atoms with Crippen LogP contribution in [-0.2, 0) is 0 Å². The van der Waals surface area contributed by atoms with E-state index >= 15 is 0 Å². The number of ether oxygens (including phenoxy) is 1. The molecular weight excluding hydrogens is 214 g/mol. The van der Waals surface area contributed by atoms with Crippen molar-refractivity contribution in [2.45, 2.75) is 38.7 Å². The Morgan fingerprint density at radius 1 is 1.35 bits per heavy atom. The molecule has 4 heteroatoms. The molecule has 0 aliphatic heterocycles. The van der Waals surface area contributed by atoms with Crippen molar-refractivity contribution in [1.82, 2.24) is 4.98 Å². The molecule has 2 N–H and O–H groups in total. The molecule has 17 heavy (non-hydrogen) atoms. The molecule has 1 aliphatic rings. The van der Waals surface area contributed by atoms with E-state index in [2.05, 4.69) is 11.9 Å². The van der Waals surface area contributed by atoms with Gasteiger partial charge in [-0.3, -0.25) is 0 Å². The van der Waals surface area contributed by atoms with Crippen LogP contribution in [0.15, 0.2) is 12.1 Å². The van der Waals surface area contributed by atoms with Crippen molar-refractivity contribution < 1.29 is 4.74 Å². The maximum atomic E-state index is 8.84. The minimum absolute atomic E-state index is 0.230. The third-order valence-electron chi connectivity index (χ3n) is 3.26. The molecule has 1 fully saturated rings. The van der Waals surface area contributed by atoms with Crippen LogP contribution < -0.4 is 10.5 Å². The summed E-state index contributed by atoms with van der Waals surface area (Å²) >= 11 is 0. The summed E-state index contributed by atoms with van der Waals surface area (Å²) in [6.45, 7) is 2.27. The van der Waals surface area contributed by atoms with Crippen molar-refractivity contribution >= 4 is 5.69 Å². The number of nitriles is 1. The number of pyridine rings is 1. The zero-order valence-corrected chi connectivity index (χ0v) is 10.0. The van der Waals surface area contributed by atoms with Crippen molar-refractivity contribution in [2.75, 3.05) is 5.73 Å². The Bertz CT molecular complexity index is 431. The highest BCUT2D eigenvalue weighted by atomic mass is 16.5. The Kier molecular flexibility index (Phi) is 3.48. The van der Waals surface area contributed by atoms with Crippen molar-refractivity contribution in [3.05, 3.63) is 17.8 Å². The molecule has 0 radical (unpaired) electrons. The van der Waals surface area contributed by atoms with Gasteiger partial charge < -0.3 is 10.5 Å². The summed E-state index contributed by atoms with van der Waals surface area (Å²) in [4.78, 5) is 4.10. The van der Waals surface area contributed by atoms with E-state index in [0.717, 1.165) is 18.8 Å². The van der Waals surface area contributed by atoms with Gasteiger partial charge in [-0.25, -0.2) is 4.98 Å². The fraction of sp³-hybridized carbons (Fsp3) is 0.538. The van der Waals surface area contributed by atoms with Crippen LogP contribution in [-0.4, -0.2) is 11.1 Å². The molecular formula is C13H17N3O. The fourth-order valence-electron chi connectivity index (χ4n) is 2.13. The number of nitrogens with two attached hydrogens (primary N) is 1. The average molecular weight is 231 g/mol. The lowest BCUT2D eigenvalue weighted by atomic mass is 9.89. The Morgan fingerprint density at radius 3 is 2.71 bits per heavy atom. The maximum Gasteiger partial charge on any atom is 0.214 e. The predicted octanol–water partition coefficient (Wildman–Crippen LogP) is 2.49. The quantitative estimate of drug-likeness (QED) is 0.848. The van der Waals surface area contributed by atoms with Crippen LogP contribution in [0, 0.1) is 17.2 Å². The molecule has 90 valence electrons. The maximum absolute atomic E-state index is 8.84. The lowest BCUT2D eigenvalue weighted by molar-refractivity contribution is 0.130. The topological polar surface area (TPSA) is 71.9 Å². The summed E-state index contributed by atoms with van der Waals surface area (Å²) in [5, 5.41) is 8.84. The number of nitrogen functional groups attached to an aromatic ring is 1. The highest BCUT2D eigenvalue weighted by Crippen LogP contribution is 2.27.